The summed E-state index contributed by atoms with van der Waals surface area (Å²) in [7, 11) is 0. The van der Waals surface area contributed by atoms with Crippen molar-refractivity contribution in [3.05, 3.63) is 46.4 Å². The minimum atomic E-state index is -0.00209. The van der Waals surface area contributed by atoms with Gasteiger partial charge < -0.3 is 9.64 Å². The molecular weight excluding hydrogens is 296 g/mol. The van der Waals surface area contributed by atoms with Crippen LogP contribution in [0.5, 0.6) is 5.19 Å². The molecule has 0 spiro atoms. The number of benzene rings is 1. The smallest absolute Gasteiger partial charge is 0.273 e. The first-order chi connectivity index (χ1) is 9.72. The number of hydrogen-bond acceptors (Lipinski definition) is 4. The second-order valence-electron chi connectivity index (χ2n) is 4.59. The third kappa shape index (κ3) is 2.94. The van der Waals surface area contributed by atoms with Crippen molar-refractivity contribution in [2.24, 2.45) is 0 Å². The summed E-state index contributed by atoms with van der Waals surface area (Å²) in [6.45, 7) is 1.28. The van der Waals surface area contributed by atoms with E-state index in [2.05, 4.69) is 4.98 Å². The van der Waals surface area contributed by atoms with Crippen molar-refractivity contribution in [2.75, 3.05) is 13.1 Å². The molecule has 3 rings (SSSR count). The maximum absolute atomic E-state index is 12.3. The number of carbonyl (C=O) groups excluding carboxylic acids is 1. The fourth-order valence-corrected chi connectivity index (χ4v) is 2.97. The third-order valence-corrected chi connectivity index (χ3v) is 4.08. The predicted molar refractivity (Wildman–Crippen MR) is 78.5 cm³/mol. The van der Waals surface area contributed by atoms with Gasteiger partial charge in [-0.3, -0.25) is 4.79 Å². The van der Waals surface area contributed by atoms with Gasteiger partial charge in [0.1, 0.15) is 6.10 Å². The molecule has 2 heterocycles. The summed E-state index contributed by atoms with van der Waals surface area (Å²) in [4.78, 5) is 18.2. The van der Waals surface area contributed by atoms with Crippen molar-refractivity contribution >= 4 is 28.8 Å². The van der Waals surface area contributed by atoms with Crippen molar-refractivity contribution in [1.82, 2.24) is 9.88 Å². The van der Waals surface area contributed by atoms with Crippen LogP contribution < -0.4 is 4.74 Å². The van der Waals surface area contributed by atoms with Gasteiger partial charge in [0.25, 0.3) is 11.1 Å². The van der Waals surface area contributed by atoms with E-state index in [9.17, 15) is 4.79 Å². The van der Waals surface area contributed by atoms with E-state index < -0.39 is 0 Å². The Labute approximate surface area is 126 Å². The Balaban J connectivity index is 1.63. The molecule has 1 fully saturated rings. The number of amides is 1. The highest BCUT2D eigenvalue weighted by Gasteiger charge is 2.28. The maximum Gasteiger partial charge on any atom is 0.273 e. The number of ether oxygens (including phenoxy) is 1. The van der Waals surface area contributed by atoms with Crippen LogP contribution in [0.25, 0.3) is 0 Å². The summed E-state index contributed by atoms with van der Waals surface area (Å²) in [5.74, 6) is -0.00209. The zero-order chi connectivity index (χ0) is 13.9. The molecule has 0 bridgehead atoms. The van der Waals surface area contributed by atoms with Crippen molar-refractivity contribution in [3.63, 3.8) is 0 Å². The fraction of sp³-hybridized carbons (Fsp3) is 0.286. The molecule has 1 saturated heterocycles. The van der Waals surface area contributed by atoms with E-state index in [1.807, 2.05) is 5.38 Å². The van der Waals surface area contributed by atoms with E-state index in [-0.39, 0.29) is 12.0 Å². The minimum absolute atomic E-state index is 0.00209. The van der Waals surface area contributed by atoms with Crippen LogP contribution in [0.15, 0.2) is 35.8 Å². The molecule has 1 aliphatic rings. The molecule has 1 aromatic heterocycles. The first-order valence-electron chi connectivity index (χ1n) is 6.33. The molecule has 4 nitrogen and oxygen atoms in total. The fourth-order valence-electron chi connectivity index (χ4n) is 2.22. The number of carbonyl (C=O) groups is 1. The molecule has 0 N–H and O–H groups in total. The summed E-state index contributed by atoms with van der Waals surface area (Å²) in [6, 6.07) is 7.02. The Bertz CT molecular complexity index is 603. The molecular formula is C14H13ClN2O2S. The van der Waals surface area contributed by atoms with Gasteiger partial charge in [-0.15, -0.1) is 0 Å². The lowest BCUT2D eigenvalue weighted by Gasteiger charge is -2.16. The first-order valence-corrected chi connectivity index (χ1v) is 7.59. The van der Waals surface area contributed by atoms with Gasteiger partial charge in [-0.1, -0.05) is 29.0 Å². The normalized spacial score (nSPS) is 18.2. The zero-order valence-electron chi connectivity index (χ0n) is 10.7. The van der Waals surface area contributed by atoms with E-state index in [1.165, 1.54) is 11.3 Å². The largest absolute Gasteiger partial charge is 0.465 e. The van der Waals surface area contributed by atoms with Gasteiger partial charge in [0.15, 0.2) is 0 Å². The molecule has 1 aromatic carbocycles. The van der Waals surface area contributed by atoms with Gasteiger partial charge in [0.05, 0.1) is 6.54 Å². The van der Waals surface area contributed by atoms with Crippen LogP contribution in [0.3, 0.4) is 0 Å². The van der Waals surface area contributed by atoms with Crippen LogP contribution >= 0.6 is 22.9 Å². The van der Waals surface area contributed by atoms with E-state index in [1.54, 1.807) is 35.4 Å². The van der Waals surface area contributed by atoms with Crippen LogP contribution in [0, 0.1) is 0 Å². The van der Waals surface area contributed by atoms with Gasteiger partial charge in [0, 0.05) is 35.1 Å². The van der Waals surface area contributed by atoms with Crippen molar-refractivity contribution in [1.29, 1.82) is 0 Å². The Morgan fingerprint density at radius 1 is 1.50 bits per heavy atom. The predicted octanol–water partition coefficient (Wildman–Crippen LogP) is 3.09. The van der Waals surface area contributed by atoms with Gasteiger partial charge in [-0.2, -0.15) is 0 Å². The van der Waals surface area contributed by atoms with Gasteiger partial charge in [0.2, 0.25) is 0 Å². The lowest BCUT2D eigenvalue weighted by molar-refractivity contribution is 0.0772. The molecule has 0 radical (unpaired) electrons. The van der Waals surface area contributed by atoms with Crippen LogP contribution in [0.2, 0.25) is 5.02 Å². The van der Waals surface area contributed by atoms with Crippen molar-refractivity contribution < 1.29 is 9.53 Å². The van der Waals surface area contributed by atoms with Crippen LogP contribution in [0.1, 0.15) is 16.8 Å². The average Bonchev–Trinajstić information content (AvgIpc) is 3.10. The molecule has 1 unspecified atom stereocenters. The molecule has 1 atom stereocenters. The van der Waals surface area contributed by atoms with E-state index in [0.29, 0.717) is 28.9 Å². The third-order valence-electron chi connectivity index (χ3n) is 3.18. The topological polar surface area (TPSA) is 42.4 Å². The number of nitrogens with zero attached hydrogens (tertiary/aromatic N) is 2. The van der Waals surface area contributed by atoms with Crippen molar-refractivity contribution in [2.45, 2.75) is 12.5 Å². The van der Waals surface area contributed by atoms with Gasteiger partial charge in [-0.25, -0.2) is 4.98 Å². The number of aromatic nitrogens is 1. The van der Waals surface area contributed by atoms with Gasteiger partial charge in [-0.05, 0) is 18.2 Å². The Kier molecular flexibility index (Phi) is 3.89. The van der Waals surface area contributed by atoms with E-state index >= 15 is 0 Å². The average molecular weight is 309 g/mol. The number of likely N-dealkylation sites (tertiary alicyclic amines) is 1. The Hall–Kier alpha value is -1.59. The zero-order valence-corrected chi connectivity index (χ0v) is 12.2. The first kappa shape index (κ1) is 13.4. The lowest BCUT2D eigenvalue weighted by Crippen LogP contribution is -2.30. The van der Waals surface area contributed by atoms with E-state index in [4.69, 9.17) is 16.3 Å². The molecule has 20 heavy (non-hydrogen) atoms. The highest BCUT2D eigenvalue weighted by atomic mass is 35.5. The SMILES string of the molecule is O=C(c1cccc(Cl)c1)N1CCC(Oc2nccs2)C1. The molecule has 104 valence electrons. The molecule has 2 aromatic rings. The minimum Gasteiger partial charge on any atom is -0.465 e. The van der Waals surface area contributed by atoms with Crippen LogP contribution in [-0.4, -0.2) is 35.0 Å². The van der Waals surface area contributed by atoms with Crippen LogP contribution in [-0.2, 0) is 0 Å². The summed E-state index contributed by atoms with van der Waals surface area (Å²) in [6.07, 6.45) is 2.56. The standard InChI is InChI=1S/C14H13ClN2O2S/c15-11-3-1-2-10(8-11)13(18)17-6-4-12(9-17)19-14-16-5-7-20-14/h1-3,5,7-8,12H,4,6,9H2. The molecule has 1 amide bonds. The van der Waals surface area contributed by atoms with Crippen LogP contribution in [0.4, 0.5) is 0 Å². The maximum atomic E-state index is 12.3. The molecule has 6 heteroatoms. The molecule has 0 saturated carbocycles. The molecule has 1 aliphatic heterocycles. The second kappa shape index (κ2) is 5.81. The Morgan fingerprint density at radius 2 is 2.40 bits per heavy atom. The number of hydrogen-bond donors (Lipinski definition) is 0. The monoisotopic (exact) mass is 308 g/mol. The summed E-state index contributed by atoms with van der Waals surface area (Å²) in [5, 5.41) is 3.11. The van der Waals surface area contributed by atoms with Gasteiger partial charge >= 0.3 is 0 Å². The summed E-state index contributed by atoms with van der Waals surface area (Å²) < 4.78 is 5.74. The number of halogens is 1. The highest BCUT2D eigenvalue weighted by molar-refractivity contribution is 7.11. The van der Waals surface area contributed by atoms with Crippen molar-refractivity contribution in [3.8, 4) is 5.19 Å². The highest BCUT2D eigenvalue weighted by Crippen LogP contribution is 2.22. The summed E-state index contributed by atoms with van der Waals surface area (Å²) >= 11 is 7.38. The quantitative estimate of drug-likeness (QED) is 0.875. The van der Waals surface area contributed by atoms with E-state index in [0.717, 1.165) is 6.42 Å². The Morgan fingerprint density at radius 3 is 3.15 bits per heavy atom. The summed E-state index contributed by atoms with van der Waals surface area (Å²) in [5.41, 5.74) is 0.618. The second-order valence-corrected chi connectivity index (χ2v) is 5.88. The number of thiazole rings is 1. The number of rotatable bonds is 3. The lowest BCUT2D eigenvalue weighted by atomic mass is 10.2. The molecule has 0 aliphatic carbocycles.